The summed E-state index contributed by atoms with van der Waals surface area (Å²) in [4.78, 5) is 7.64. The quantitative estimate of drug-likeness (QED) is 0.844. The monoisotopic (exact) mass is 259 g/mol. The van der Waals surface area contributed by atoms with E-state index in [0.717, 1.165) is 17.1 Å². The first-order valence-corrected chi connectivity index (χ1v) is 6.06. The number of nitrogens with one attached hydrogen (secondary N) is 1. The van der Waals surface area contributed by atoms with Crippen LogP contribution in [0.25, 0.3) is 11.3 Å². The van der Waals surface area contributed by atoms with Gasteiger partial charge in [-0.3, -0.25) is 0 Å². The third-order valence-corrected chi connectivity index (χ3v) is 2.93. The van der Waals surface area contributed by atoms with Crippen molar-refractivity contribution in [3.63, 3.8) is 0 Å². The van der Waals surface area contributed by atoms with E-state index < -0.39 is 0 Å². The third kappa shape index (κ3) is 2.39. The molecule has 0 aliphatic heterocycles. The number of halogens is 1. The Morgan fingerprint density at radius 3 is 2.28 bits per heavy atom. The fourth-order valence-corrected chi connectivity index (χ4v) is 1.84. The molecule has 1 N–H and O–H groups in total. The predicted octanol–water partition coefficient (Wildman–Crippen LogP) is 3.90. The van der Waals surface area contributed by atoms with E-state index in [9.17, 15) is 0 Å². The zero-order valence-corrected chi connectivity index (χ0v) is 11.3. The number of aromatic nitrogens is 2. The van der Waals surface area contributed by atoms with Gasteiger partial charge in [-0.05, 0) is 12.1 Å². The summed E-state index contributed by atoms with van der Waals surface area (Å²) in [5, 5.41) is 9.30. The van der Waals surface area contributed by atoms with Crippen LogP contribution in [0.15, 0.2) is 24.3 Å². The van der Waals surface area contributed by atoms with Gasteiger partial charge >= 0.3 is 0 Å². The van der Waals surface area contributed by atoms with Gasteiger partial charge in [-0.1, -0.05) is 44.5 Å². The van der Waals surface area contributed by atoms with Crippen molar-refractivity contribution >= 4 is 11.6 Å². The molecule has 1 aromatic carbocycles. The average Bonchev–Trinajstić information content (AvgIpc) is 2.71. The number of imidazole rings is 1. The second-order valence-electron chi connectivity index (χ2n) is 5.19. The molecule has 4 heteroatoms. The number of H-pyrrole nitrogens is 1. The number of aromatic amines is 1. The summed E-state index contributed by atoms with van der Waals surface area (Å²) >= 11 is 6.18. The van der Waals surface area contributed by atoms with Gasteiger partial charge in [0.2, 0.25) is 0 Å². The maximum Gasteiger partial charge on any atom is 0.134 e. The van der Waals surface area contributed by atoms with E-state index in [1.807, 2.05) is 12.1 Å². The Morgan fingerprint density at radius 1 is 1.22 bits per heavy atom. The molecule has 0 saturated carbocycles. The van der Waals surface area contributed by atoms with Crippen molar-refractivity contribution in [2.75, 3.05) is 0 Å². The molecule has 1 heterocycles. The Hall–Kier alpha value is -1.79. The first kappa shape index (κ1) is 12.7. The van der Waals surface area contributed by atoms with Gasteiger partial charge in [-0.15, -0.1) is 0 Å². The zero-order valence-electron chi connectivity index (χ0n) is 10.6. The molecular weight excluding hydrogens is 246 g/mol. The SMILES string of the molecule is CC(C)(C)c1nc(-c2ccc(C#N)cc2)c(Cl)[nH]1. The Kier molecular flexibility index (Phi) is 3.14. The normalized spacial score (nSPS) is 11.3. The summed E-state index contributed by atoms with van der Waals surface area (Å²) in [6.45, 7) is 6.22. The molecule has 2 aromatic rings. The molecule has 0 radical (unpaired) electrons. The number of nitrogens with zero attached hydrogens (tertiary/aromatic N) is 2. The molecule has 0 amide bonds. The van der Waals surface area contributed by atoms with Crippen LogP contribution in [0.1, 0.15) is 32.2 Å². The highest BCUT2D eigenvalue weighted by Gasteiger charge is 2.20. The van der Waals surface area contributed by atoms with Crippen LogP contribution in [0, 0.1) is 11.3 Å². The van der Waals surface area contributed by atoms with Crippen molar-refractivity contribution < 1.29 is 0 Å². The van der Waals surface area contributed by atoms with Crippen LogP contribution in [0.5, 0.6) is 0 Å². The molecule has 0 bridgehead atoms. The van der Waals surface area contributed by atoms with E-state index in [0.29, 0.717) is 10.7 Å². The minimum atomic E-state index is -0.0749. The van der Waals surface area contributed by atoms with Crippen LogP contribution in [-0.2, 0) is 5.41 Å². The smallest absolute Gasteiger partial charge is 0.134 e. The van der Waals surface area contributed by atoms with E-state index in [-0.39, 0.29) is 5.41 Å². The zero-order chi connectivity index (χ0) is 13.3. The first-order chi connectivity index (χ1) is 8.41. The lowest BCUT2D eigenvalue weighted by Crippen LogP contribution is -2.13. The predicted molar refractivity (Wildman–Crippen MR) is 72.4 cm³/mol. The summed E-state index contributed by atoms with van der Waals surface area (Å²) in [6, 6.07) is 9.32. The third-order valence-electron chi connectivity index (χ3n) is 2.66. The number of rotatable bonds is 1. The highest BCUT2D eigenvalue weighted by Crippen LogP contribution is 2.29. The molecule has 18 heavy (non-hydrogen) atoms. The van der Waals surface area contributed by atoms with Crippen LogP contribution in [0.3, 0.4) is 0 Å². The Balaban J connectivity index is 2.45. The van der Waals surface area contributed by atoms with Gasteiger partial charge in [0.15, 0.2) is 0 Å². The Morgan fingerprint density at radius 2 is 1.83 bits per heavy atom. The summed E-state index contributed by atoms with van der Waals surface area (Å²) in [7, 11) is 0. The lowest BCUT2D eigenvalue weighted by atomic mass is 9.96. The van der Waals surface area contributed by atoms with E-state index >= 15 is 0 Å². The minimum absolute atomic E-state index is 0.0749. The van der Waals surface area contributed by atoms with E-state index in [1.165, 1.54) is 0 Å². The maximum absolute atomic E-state index is 8.77. The van der Waals surface area contributed by atoms with Gasteiger partial charge in [0.25, 0.3) is 0 Å². The number of benzene rings is 1. The topological polar surface area (TPSA) is 52.5 Å². The van der Waals surface area contributed by atoms with Gasteiger partial charge < -0.3 is 4.98 Å². The summed E-state index contributed by atoms with van der Waals surface area (Å²) in [6.07, 6.45) is 0. The molecule has 0 spiro atoms. The van der Waals surface area contributed by atoms with Crippen LogP contribution < -0.4 is 0 Å². The lowest BCUT2D eigenvalue weighted by Gasteiger charge is -2.13. The molecule has 3 nitrogen and oxygen atoms in total. The molecule has 0 fully saturated rings. The minimum Gasteiger partial charge on any atom is -0.332 e. The molecule has 0 aliphatic carbocycles. The number of hydrogen-bond acceptors (Lipinski definition) is 2. The molecule has 0 unspecified atom stereocenters. The molecule has 1 aromatic heterocycles. The van der Waals surface area contributed by atoms with Crippen molar-refractivity contribution in [1.29, 1.82) is 5.26 Å². The first-order valence-electron chi connectivity index (χ1n) is 5.68. The van der Waals surface area contributed by atoms with Gasteiger partial charge in [0, 0.05) is 11.0 Å². The molecule has 2 rings (SSSR count). The van der Waals surface area contributed by atoms with E-state index in [2.05, 4.69) is 36.8 Å². The largest absolute Gasteiger partial charge is 0.332 e. The molecule has 0 atom stereocenters. The molecular formula is C14H14ClN3. The summed E-state index contributed by atoms with van der Waals surface area (Å²) in [5.41, 5.74) is 2.19. The fourth-order valence-electron chi connectivity index (χ4n) is 1.60. The van der Waals surface area contributed by atoms with E-state index in [1.54, 1.807) is 12.1 Å². The van der Waals surface area contributed by atoms with Gasteiger partial charge in [0.1, 0.15) is 16.7 Å². The standard InChI is InChI=1S/C14H14ClN3/c1-14(2,3)13-17-11(12(15)18-13)10-6-4-9(8-16)5-7-10/h4-7H,1-3H3,(H,17,18). The number of hydrogen-bond donors (Lipinski definition) is 1. The fraction of sp³-hybridized carbons (Fsp3) is 0.286. The second-order valence-corrected chi connectivity index (χ2v) is 5.57. The van der Waals surface area contributed by atoms with E-state index in [4.69, 9.17) is 16.9 Å². The summed E-state index contributed by atoms with van der Waals surface area (Å²) < 4.78 is 0. The molecule has 0 aliphatic rings. The van der Waals surface area contributed by atoms with Crippen molar-refractivity contribution in [2.45, 2.75) is 26.2 Å². The highest BCUT2D eigenvalue weighted by molar-refractivity contribution is 6.31. The van der Waals surface area contributed by atoms with Crippen molar-refractivity contribution in [2.24, 2.45) is 0 Å². The van der Waals surface area contributed by atoms with Gasteiger partial charge in [-0.25, -0.2) is 4.98 Å². The van der Waals surface area contributed by atoms with Crippen LogP contribution in [-0.4, -0.2) is 9.97 Å². The summed E-state index contributed by atoms with van der Waals surface area (Å²) in [5.74, 6) is 0.854. The van der Waals surface area contributed by atoms with Crippen LogP contribution >= 0.6 is 11.6 Å². The Labute approximate surface area is 111 Å². The Bertz CT molecular complexity index is 597. The highest BCUT2D eigenvalue weighted by atomic mass is 35.5. The average molecular weight is 260 g/mol. The van der Waals surface area contributed by atoms with Crippen molar-refractivity contribution in [3.8, 4) is 17.3 Å². The van der Waals surface area contributed by atoms with Crippen molar-refractivity contribution in [1.82, 2.24) is 9.97 Å². The molecule has 0 saturated heterocycles. The molecule has 92 valence electrons. The number of nitriles is 1. The van der Waals surface area contributed by atoms with Crippen LogP contribution in [0.4, 0.5) is 0 Å². The second kappa shape index (κ2) is 4.47. The van der Waals surface area contributed by atoms with Crippen molar-refractivity contribution in [3.05, 3.63) is 40.8 Å². The van der Waals surface area contributed by atoms with Gasteiger partial charge in [0.05, 0.1) is 11.6 Å². The maximum atomic E-state index is 8.77. The van der Waals surface area contributed by atoms with Crippen LogP contribution in [0.2, 0.25) is 5.15 Å². The van der Waals surface area contributed by atoms with Gasteiger partial charge in [-0.2, -0.15) is 5.26 Å². The lowest BCUT2D eigenvalue weighted by molar-refractivity contribution is 0.553.